The molecular weight excluding hydrogens is 705 g/mol. The van der Waals surface area contributed by atoms with Gasteiger partial charge in [0.25, 0.3) is 0 Å². The van der Waals surface area contributed by atoms with Gasteiger partial charge in [0.2, 0.25) is 0 Å². The average molecular weight is 747 g/mol. The number of hydrogen-bond acceptors (Lipinski definition) is 4. The van der Waals surface area contributed by atoms with E-state index < -0.39 is 0 Å². The molecule has 7 aromatic carbocycles. The van der Waals surface area contributed by atoms with E-state index in [1.807, 2.05) is 0 Å². The molecule has 9 aromatic rings. The highest BCUT2D eigenvalue weighted by atomic mass is 14.9. The van der Waals surface area contributed by atoms with Gasteiger partial charge in [-0.3, -0.25) is 0 Å². The monoisotopic (exact) mass is 746 g/mol. The summed E-state index contributed by atoms with van der Waals surface area (Å²) >= 11 is 0. The van der Waals surface area contributed by atoms with Gasteiger partial charge in [-0.05, 0) is 112 Å². The number of rotatable bonds is 0. The third-order valence-corrected chi connectivity index (χ3v) is 13.9. The van der Waals surface area contributed by atoms with Crippen molar-refractivity contribution >= 4 is 43.6 Å². The fraction of sp³-hybridized carbons (Fsp3) is 0.222. The van der Waals surface area contributed by atoms with Gasteiger partial charge in [-0.1, -0.05) is 139 Å². The molecule has 0 saturated carbocycles. The Balaban J connectivity index is 1.11. The molecule has 4 heteroatoms. The molecule has 4 nitrogen and oxygen atoms in total. The second-order valence-electron chi connectivity index (χ2n) is 19.3. The smallest absolute Gasteiger partial charge is 0.0897 e. The van der Waals surface area contributed by atoms with Gasteiger partial charge >= 0.3 is 0 Å². The molecule has 0 aliphatic heterocycles. The van der Waals surface area contributed by atoms with Crippen LogP contribution in [0.2, 0.25) is 0 Å². The average Bonchev–Trinajstić information content (AvgIpc) is 3.21. The number of aromatic nitrogens is 4. The molecule has 0 unspecified atom stereocenters. The van der Waals surface area contributed by atoms with Gasteiger partial charge in [0.15, 0.2) is 0 Å². The first-order valence-electron chi connectivity index (χ1n) is 20.9. The summed E-state index contributed by atoms with van der Waals surface area (Å²) in [6.07, 6.45) is 0. The van der Waals surface area contributed by atoms with Crippen LogP contribution in [-0.2, 0) is 10.8 Å². The van der Waals surface area contributed by atoms with Crippen molar-refractivity contribution in [3.63, 3.8) is 0 Å². The van der Waals surface area contributed by atoms with Crippen molar-refractivity contribution in [2.24, 2.45) is 0 Å². The SMILES string of the molecule is CC(C)(C)c1c2cc3nc4c(nc3cc2c(C(C)(C)C)c2cc3nc5c(nc3cc12)C1c2ccccc2C5c2ccccc21)C1c2ccccc2C4c2ccccc21. The lowest BCUT2D eigenvalue weighted by Crippen LogP contribution is -2.29. The first-order chi connectivity index (χ1) is 28.0. The van der Waals surface area contributed by atoms with Crippen LogP contribution in [0.1, 0.15) is 144 Å². The largest absolute Gasteiger partial charge is 0.248 e. The fourth-order valence-electron chi connectivity index (χ4n) is 11.8. The number of nitrogens with zero attached hydrogens (tertiary/aromatic N) is 4. The van der Waals surface area contributed by atoms with Crippen molar-refractivity contribution < 1.29 is 0 Å². The van der Waals surface area contributed by atoms with Gasteiger partial charge in [0.1, 0.15) is 0 Å². The number of hydrogen-bond donors (Lipinski definition) is 0. The van der Waals surface area contributed by atoms with Crippen LogP contribution in [0, 0.1) is 0 Å². The molecule has 15 rings (SSSR count). The Morgan fingerprint density at radius 2 is 0.500 bits per heavy atom. The zero-order valence-corrected chi connectivity index (χ0v) is 33.6. The van der Waals surface area contributed by atoms with E-state index >= 15 is 0 Å². The Kier molecular flexibility index (Phi) is 6.11. The highest BCUT2D eigenvalue weighted by Crippen LogP contribution is 2.57. The first kappa shape index (κ1) is 32.8. The maximum Gasteiger partial charge on any atom is 0.0897 e. The van der Waals surface area contributed by atoms with Gasteiger partial charge in [-0.15, -0.1) is 0 Å². The molecule has 0 saturated heterocycles. The normalized spacial score (nSPS) is 19.6. The van der Waals surface area contributed by atoms with Crippen molar-refractivity contribution in [2.45, 2.75) is 76.0 Å². The predicted octanol–water partition coefficient (Wildman–Crippen LogP) is 12.4. The summed E-state index contributed by atoms with van der Waals surface area (Å²) in [7, 11) is 0. The summed E-state index contributed by atoms with van der Waals surface area (Å²) in [5.74, 6) is 0.311. The van der Waals surface area contributed by atoms with Gasteiger partial charge in [0.05, 0.1) is 68.5 Å². The van der Waals surface area contributed by atoms with E-state index in [1.165, 1.54) is 77.2 Å². The minimum atomic E-state index is -0.175. The lowest BCUT2D eigenvalue weighted by atomic mass is 9.64. The van der Waals surface area contributed by atoms with Crippen LogP contribution in [0.25, 0.3) is 43.6 Å². The lowest BCUT2D eigenvalue weighted by Gasteiger charge is -2.40. The summed E-state index contributed by atoms with van der Waals surface area (Å²) in [4.78, 5) is 22.5. The summed E-state index contributed by atoms with van der Waals surface area (Å²) < 4.78 is 0. The van der Waals surface area contributed by atoms with Gasteiger partial charge in [-0.25, -0.2) is 19.9 Å². The summed E-state index contributed by atoms with van der Waals surface area (Å²) in [6, 6.07) is 45.2. The van der Waals surface area contributed by atoms with Crippen LogP contribution in [-0.4, -0.2) is 19.9 Å². The minimum absolute atomic E-state index is 0.0777. The second-order valence-corrected chi connectivity index (χ2v) is 19.3. The van der Waals surface area contributed by atoms with E-state index in [1.54, 1.807) is 0 Å². The quantitative estimate of drug-likeness (QED) is 0.145. The fourth-order valence-corrected chi connectivity index (χ4v) is 11.8. The second kappa shape index (κ2) is 10.8. The Hall–Kier alpha value is -6.26. The molecule has 0 spiro atoms. The maximum absolute atomic E-state index is 5.61. The number of benzene rings is 7. The third-order valence-electron chi connectivity index (χ3n) is 13.9. The minimum Gasteiger partial charge on any atom is -0.248 e. The Morgan fingerprint density at radius 3 is 0.672 bits per heavy atom. The van der Waals surface area contributed by atoms with E-state index in [0.29, 0.717) is 0 Å². The molecule has 6 aliphatic rings. The van der Waals surface area contributed by atoms with Crippen LogP contribution in [0.5, 0.6) is 0 Å². The van der Waals surface area contributed by atoms with Crippen LogP contribution in [0.15, 0.2) is 121 Å². The van der Waals surface area contributed by atoms with Crippen molar-refractivity contribution in [1.29, 1.82) is 0 Å². The van der Waals surface area contributed by atoms with Gasteiger partial charge in [-0.2, -0.15) is 0 Å². The predicted molar refractivity (Wildman–Crippen MR) is 235 cm³/mol. The van der Waals surface area contributed by atoms with E-state index in [-0.39, 0.29) is 34.5 Å². The molecule has 0 radical (unpaired) electrons. The van der Waals surface area contributed by atoms with Crippen molar-refractivity contribution in [2.75, 3.05) is 0 Å². The van der Waals surface area contributed by atoms with Crippen LogP contribution >= 0.6 is 0 Å². The topological polar surface area (TPSA) is 51.6 Å². The van der Waals surface area contributed by atoms with Crippen molar-refractivity contribution in [3.8, 4) is 0 Å². The van der Waals surface area contributed by atoms with Crippen molar-refractivity contribution in [3.05, 3.63) is 200 Å². The van der Waals surface area contributed by atoms with Crippen molar-refractivity contribution in [1.82, 2.24) is 19.9 Å². The Morgan fingerprint density at radius 1 is 0.310 bits per heavy atom. The molecule has 2 aromatic heterocycles. The molecule has 4 bridgehead atoms. The Labute approximate surface area is 338 Å². The van der Waals surface area contributed by atoms with Crippen LogP contribution in [0.4, 0.5) is 0 Å². The zero-order valence-electron chi connectivity index (χ0n) is 33.6. The molecular formula is C54H42N4. The molecule has 58 heavy (non-hydrogen) atoms. The highest BCUT2D eigenvalue weighted by molar-refractivity contribution is 6.13. The summed E-state index contributed by atoms with van der Waals surface area (Å²) in [5.41, 5.74) is 21.4. The Bertz CT molecular complexity index is 2820. The molecule has 0 fully saturated rings. The van der Waals surface area contributed by atoms with E-state index in [2.05, 4.69) is 163 Å². The van der Waals surface area contributed by atoms with Gasteiger partial charge in [0, 0.05) is 0 Å². The van der Waals surface area contributed by atoms with E-state index in [4.69, 9.17) is 19.9 Å². The molecule has 0 amide bonds. The van der Waals surface area contributed by atoms with Crippen LogP contribution in [0.3, 0.4) is 0 Å². The van der Waals surface area contributed by atoms with E-state index in [0.717, 1.165) is 44.8 Å². The summed E-state index contributed by atoms with van der Waals surface area (Å²) in [6.45, 7) is 14.1. The zero-order chi connectivity index (χ0) is 39.0. The third kappa shape index (κ3) is 4.10. The molecule has 2 heterocycles. The molecule has 6 aliphatic carbocycles. The molecule has 0 atom stereocenters. The van der Waals surface area contributed by atoms with Gasteiger partial charge < -0.3 is 0 Å². The molecule has 0 N–H and O–H groups in total. The first-order valence-corrected chi connectivity index (χ1v) is 20.9. The maximum atomic E-state index is 5.61. The summed E-state index contributed by atoms with van der Waals surface area (Å²) in [5, 5.41) is 5.00. The molecule has 278 valence electrons. The highest BCUT2D eigenvalue weighted by Gasteiger charge is 2.45. The van der Waals surface area contributed by atoms with Crippen LogP contribution < -0.4 is 0 Å². The van der Waals surface area contributed by atoms with E-state index in [9.17, 15) is 0 Å². The lowest BCUT2D eigenvalue weighted by molar-refractivity contribution is 0.593. The standard InChI is InChI=1S/C54H42N4/c1-53(2,3)47-35-23-39-41(57-51-45-31-19-11-7-15-27(31)43(49(51)55-39)28-16-8-12-20-32(28)45)25-37(35)48(54(4,5)6)38-26-42-40(24-36(38)47)56-50-44-29-17-9-13-21-33(29)46(52(50)58-42)34-22-14-10-18-30(34)44/h7-26,43-46H,1-6H3. The number of fused-ring (bicyclic) bond motifs is 4.